The van der Waals surface area contributed by atoms with Crippen LogP contribution >= 0.6 is 0 Å². The second-order valence-electron chi connectivity index (χ2n) is 3.05. The first-order valence-corrected chi connectivity index (χ1v) is 4.60. The van der Waals surface area contributed by atoms with E-state index in [2.05, 4.69) is 18.7 Å². The fourth-order valence-electron chi connectivity index (χ4n) is 1.31. The van der Waals surface area contributed by atoms with Crippen LogP contribution in [0.5, 0.6) is 0 Å². The maximum absolute atomic E-state index is 11.4. The van der Waals surface area contributed by atoms with E-state index in [4.69, 9.17) is 4.74 Å². The Bertz CT molecular complexity index is 196. The van der Waals surface area contributed by atoms with E-state index in [-0.39, 0.29) is 11.9 Å². The SMILES string of the molecule is C=CCOC(=O)C1[CH]CC=CCC1. The van der Waals surface area contributed by atoms with Crippen LogP contribution in [-0.4, -0.2) is 12.6 Å². The van der Waals surface area contributed by atoms with Crippen LogP contribution in [0.4, 0.5) is 0 Å². The normalized spacial score (nSPS) is 17.8. The van der Waals surface area contributed by atoms with Gasteiger partial charge in [0.25, 0.3) is 0 Å². The number of ether oxygens (including phenoxy) is 1. The molecule has 0 aliphatic heterocycles. The summed E-state index contributed by atoms with van der Waals surface area (Å²) in [6.45, 7) is 3.81. The lowest BCUT2D eigenvalue weighted by atomic mass is 10.0. The molecular weight excluding hydrogens is 164 g/mol. The quantitative estimate of drug-likeness (QED) is 0.490. The van der Waals surface area contributed by atoms with Gasteiger partial charge in [-0.15, -0.1) is 0 Å². The highest BCUT2D eigenvalue weighted by Gasteiger charge is 2.19. The van der Waals surface area contributed by atoms with E-state index in [1.165, 1.54) is 0 Å². The molecule has 1 rings (SSSR count). The van der Waals surface area contributed by atoms with Gasteiger partial charge in [0, 0.05) is 0 Å². The summed E-state index contributed by atoms with van der Waals surface area (Å²) in [5, 5.41) is 0. The molecular formula is C11H15O2. The minimum Gasteiger partial charge on any atom is -0.461 e. The molecule has 0 saturated carbocycles. The number of hydrogen-bond acceptors (Lipinski definition) is 2. The van der Waals surface area contributed by atoms with E-state index >= 15 is 0 Å². The first kappa shape index (κ1) is 10.0. The van der Waals surface area contributed by atoms with E-state index in [0.717, 1.165) is 19.3 Å². The van der Waals surface area contributed by atoms with Crippen molar-refractivity contribution in [1.29, 1.82) is 0 Å². The standard InChI is InChI=1S/C11H15O2/c1-2-9-13-11(12)10-7-5-3-4-6-8-10/h2-4,7,10H,1,5-6,8-9H2. The second-order valence-corrected chi connectivity index (χ2v) is 3.05. The van der Waals surface area contributed by atoms with Gasteiger partial charge in [0.15, 0.2) is 0 Å². The van der Waals surface area contributed by atoms with Crippen molar-refractivity contribution in [3.63, 3.8) is 0 Å². The third kappa shape index (κ3) is 3.45. The number of esters is 1. The molecule has 0 aromatic heterocycles. The Labute approximate surface area is 79.3 Å². The molecule has 2 nitrogen and oxygen atoms in total. The lowest BCUT2D eigenvalue weighted by Crippen LogP contribution is -2.17. The Morgan fingerprint density at radius 2 is 2.46 bits per heavy atom. The third-order valence-corrected chi connectivity index (χ3v) is 2.01. The van der Waals surface area contributed by atoms with Gasteiger partial charge < -0.3 is 4.74 Å². The van der Waals surface area contributed by atoms with Crippen molar-refractivity contribution in [3.8, 4) is 0 Å². The van der Waals surface area contributed by atoms with Crippen molar-refractivity contribution in [2.75, 3.05) is 6.61 Å². The van der Waals surface area contributed by atoms with Crippen molar-refractivity contribution < 1.29 is 9.53 Å². The lowest BCUT2D eigenvalue weighted by molar-refractivity contribution is -0.146. The van der Waals surface area contributed by atoms with E-state index in [1.54, 1.807) is 6.08 Å². The van der Waals surface area contributed by atoms with Crippen LogP contribution in [0.2, 0.25) is 0 Å². The monoisotopic (exact) mass is 179 g/mol. The molecule has 1 unspecified atom stereocenters. The molecule has 1 aliphatic carbocycles. The van der Waals surface area contributed by atoms with E-state index in [9.17, 15) is 4.79 Å². The molecule has 0 aromatic carbocycles. The Morgan fingerprint density at radius 1 is 1.62 bits per heavy atom. The average molecular weight is 179 g/mol. The van der Waals surface area contributed by atoms with Crippen LogP contribution in [0.15, 0.2) is 24.8 Å². The highest BCUT2D eigenvalue weighted by molar-refractivity contribution is 5.74. The number of allylic oxidation sites excluding steroid dienone is 2. The predicted molar refractivity (Wildman–Crippen MR) is 51.9 cm³/mol. The number of rotatable bonds is 3. The minimum atomic E-state index is -0.122. The summed E-state index contributed by atoms with van der Waals surface area (Å²) >= 11 is 0. The summed E-state index contributed by atoms with van der Waals surface area (Å²) in [5.41, 5.74) is 0. The van der Waals surface area contributed by atoms with Gasteiger partial charge in [-0.05, 0) is 25.7 Å². The molecule has 0 amide bonds. The van der Waals surface area contributed by atoms with Crippen LogP contribution in [0.3, 0.4) is 0 Å². The Hall–Kier alpha value is -1.05. The molecule has 1 aliphatic rings. The molecule has 1 radical (unpaired) electrons. The van der Waals surface area contributed by atoms with Crippen LogP contribution in [0.1, 0.15) is 19.3 Å². The summed E-state index contributed by atoms with van der Waals surface area (Å²) < 4.78 is 4.97. The summed E-state index contributed by atoms with van der Waals surface area (Å²) in [6, 6.07) is 0. The highest BCUT2D eigenvalue weighted by atomic mass is 16.5. The zero-order chi connectivity index (χ0) is 9.52. The van der Waals surface area contributed by atoms with Crippen LogP contribution in [0.25, 0.3) is 0 Å². The molecule has 71 valence electrons. The molecule has 0 fully saturated rings. The van der Waals surface area contributed by atoms with Crippen molar-refractivity contribution in [1.82, 2.24) is 0 Å². The topological polar surface area (TPSA) is 26.3 Å². The minimum absolute atomic E-state index is 0.0325. The van der Waals surface area contributed by atoms with Crippen molar-refractivity contribution in [3.05, 3.63) is 31.2 Å². The maximum Gasteiger partial charge on any atom is 0.309 e. The van der Waals surface area contributed by atoms with Crippen LogP contribution < -0.4 is 0 Å². The molecule has 0 heterocycles. The van der Waals surface area contributed by atoms with E-state index < -0.39 is 0 Å². The first-order chi connectivity index (χ1) is 6.34. The molecule has 2 heteroatoms. The second kappa shape index (κ2) is 5.57. The average Bonchev–Trinajstić information content (AvgIpc) is 2.42. The number of carbonyl (C=O) groups excluding carboxylic acids is 1. The van der Waals surface area contributed by atoms with Gasteiger partial charge in [-0.25, -0.2) is 0 Å². The molecule has 0 bridgehead atoms. The predicted octanol–water partition coefficient (Wildman–Crippen LogP) is 2.28. The smallest absolute Gasteiger partial charge is 0.309 e. The summed E-state index contributed by atoms with van der Waals surface area (Å²) in [6.07, 6.45) is 10.5. The largest absolute Gasteiger partial charge is 0.461 e. The van der Waals surface area contributed by atoms with E-state index in [0.29, 0.717) is 6.61 Å². The fourth-order valence-corrected chi connectivity index (χ4v) is 1.31. The number of hydrogen-bond donors (Lipinski definition) is 0. The number of carbonyl (C=O) groups is 1. The van der Waals surface area contributed by atoms with Gasteiger partial charge in [0.2, 0.25) is 0 Å². The Morgan fingerprint density at radius 3 is 3.23 bits per heavy atom. The zero-order valence-electron chi connectivity index (χ0n) is 7.74. The molecule has 0 saturated heterocycles. The van der Waals surface area contributed by atoms with Gasteiger partial charge in [0.05, 0.1) is 5.92 Å². The highest BCUT2D eigenvalue weighted by Crippen LogP contribution is 2.18. The maximum atomic E-state index is 11.4. The molecule has 0 aromatic rings. The third-order valence-electron chi connectivity index (χ3n) is 2.01. The van der Waals surface area contributed by atoms with Gasteiger partial charge in [-0.1, -0.05) is 24.8 Å². The van der Waals surface area contributed by atoms with Crippen molar-refractivity contribution in [2.45, 2.75) is 19.3 Å². The van der Waals surface area contributed by atoms with Crippen LogP contribution in [0, 0.1) is 12.3 Å². The molecule has 0 N–H and O–H groups in total. The Balaban J connectivity index is 2.32. The summed E-state index contributed by atoms with van der Waals surface area (Å²) in [5.74, 6) is -0.154. The molecule has 13 heavy (non-hydrogen) atoms. The Kier molecular flexibility index (Phi) is 4.30. The first-order valence-electron chi connectivity index (χ1n) is 4.60. The van der Waals surface area contributed by atoms with Gasteiger partial charge in [0.1, 0.15) is 6.61 Å². The summed E-state index contributed by atoms with van der Waals surface area (Å²) in [4.78, 5) is 11.4. The fraction of sp³-hybridized carbons (Fsp3) is 0.455. The zero-order valence-corrected chi connectivity index (χ0v) is 7.74. The van der Waals surface area contributed by atoms with Gasteiger partial charge in [-0.3, -0.25) is 4.79 Å². The van der Waals surface area contributed by atoms with Crippen LogP contribution in [-0.2, 0) is 9.53 Å². The van der Waals surface area contributed by atoms with E-state index in [1.807, 2.05) is 6.42 Å². The van der Waals surface area contributed by atoms with Gasteiger partial charge in [-0.2, -0.15) is 0 Å². The van der Waals surface area contributed by atoms with Crippen molar-refractivity contribution in [2.24, 2.45) is 5.92 Å². The molecule has 1 atom stereocenters. The lowest BCUT2D eigenvalue weighted by Gasteiger charge is -2.11. The van der Waals surface area contributed by atoms with Gasteiger partial charge >= 0.3 is 5.97 Å². The molecule has 0 spiro atoms. The summed E-state index contributed by atoms with van der Waals surface area (Å²) in [7, 11) is 0. The van der Waals surface area contributed by atoms with Crippen molar-refractivity contribution >= 4 is 5.97 Å².